The summed E-state index contributed by atoms with van der Waals surface area (Å²) in [5.41, 5.74) is 5.00. The number of carboxylic acid groups (broad SMARTS) is 1. The highest BCUT2D eigenvalue weighted by molar-refractivity contribution is 5.83. The van der Waals surface area contributed by atoms with E-state index >= 15 is 0 Å². The molecule has 0 radical (unpaired) electrons. The van der Waals surface area contributed by atoms with Gasteiger partial charge in [0.1, 0.15) is 6.04 Å². The zero-order valence-corrected chi connectivity index (χ0v) is 12.0. The van der Waals surface area contributed by atoms with Crippen LogP contribution in [-0.4, -0.2) is 46.0 Å². The molecule has 2 unspecified atom stereocenters. The van der Waals surface area contributed by atoms with Gasteiger partial charge in [-0.15, -0.1) is 0 Å². The van der Waals surface area contributed by atoms with Crippen LogP contribution in [0.2, 0.25) is 0 Å². The minimum absolute atomic E-state index is 0.00934. The van der Waals surface area contributed by atoms with Crippen molar-refractivity contribution in [2.45, 2.75) is 64.1 Å². The summed E-state index contributed by atoms with van der Waals surface area (Å²) in [5.74, 6) is -1.73. The number of rotatable bonds is 6. The number of likely N-dealkylation sites (tertiary alicyclic amines) is 1. The molecule has 1 fully saturated rings. The zero-order chi connectivity index (χ0) is 15.3. The topological polar surface area (TPSA) is 113 Å². The van der Waals surface area contributed by atoms with Gasteiger partial charge in [0.15, 0.2) is 0 Å². The molecule has 1 aliphatic rings. The molecule has 4 N–H and O–H groups in total. The summed E-state index contributed by atoms with van der Waals surface area (Å²) < 4.78 is 0. The normalized spacial score (nSPS) is 23.4. The Morgan fingerprint density at radius 3 is 2.55 bits per heavy atom. The van der Waals surface area contributed by atoms with Gasteiger partial charge in [0.25, 0.3) is 0 Å². The monoisotopic (exact) mass is 285 g/mol. The van der Waals surface area contributed by atoms with Gasteiger partial charge < -0.3 is 21.1 Å². The Morgan fingerprint density at radius 2 is 2.05 bits per heavy atom. The van der Waals surface area contributed by atoms with Gasteiger partial charge in [0.2, 0.25) is 5.91 Å². The molecule has 0 saturated carbocycles. The van der Waals surface area contributed by atoms with Crippen LogP contribution in [-0.2, 0) is 9.59 Å². The van der Waals surface area contributed by atoms with Crippen LogP contribution in [0.15, 0.2) is 0 Å². The van der Waals surface area contributed by atoms with Gasteiger partial charge in [-0.25, -0.2) is 9.59 Å². The molecule has 0 aromatic carbocycles. The molecule has 1 saturated heterocycles. The Hall–Kier alpha value is -1.79. The lowest BCUT2D eigenvalue weighted by Gasteiger charge is -2.29. The molecule has 0 bridgehead atoms. The number of carbonyl (C=O) groups excluding carboxylic acids is 2. The van der Waals surface area contributed by atoms with Gasteiger partial charge in [0.05, 0.1) is 0 Å². The first-order valence-corrected chi connectivity index (χ1v) is 6.96. The van der Waals surface area contributed by atoms with E-state index in [0.717, 1.165) is 19.3 Å². The fourth-order valence-corrected chi connectivity index (χ4v) is 2.61. The first kappa shape index (κ1) is 16.3. The third kappa shape index (κ3) is 4.11. The van der Waals surface area contributed by atoms with Gasteiger partial charge in [-0.1, -0.05) is 6.92 Å². The van der Waals surface area contributed by atoms with E-state index in [9.17, 15) is 14.4 Å². The highest BCUT2D eigenvalue weighted by Crippen LogP contribution is 2.25. The molecule has 1 aliphatic heterocycles. The largest absolute Gasteiger partial charge is 0.480 e. The van der Waals surface area contributed by atoms with Crippen LogP contribution < -0.4 is 11.1 Å². The van der Waals surface area contributed by atoms with Crippen molar-refractivity contribution in [3.8, 4) is 0 Å². The lowest BCUT2D eigenvalue weighted by Crippen LogP contribution is -2.51. The summed E-state index contributed by atoms with van der Waals surface area (Å²) in [6.07, 6.45) is 2.64. The molecule has 3 amide bonds. The summed E-state index contributed by atoms with van der Waals surface area (Å²) in [6.45, 7) is 3.96. The van der Waals surface area contributed by atoms with Gasteiger partial charge in [-0.05, 0) is 32.6 Å². The first-order valence-electron chi connectivity index (χ1n) is 6.96. The number of amides is 3. The molecule has 1 heterocycles. The number of hydrogen-bond acceptors (Lipinski definition) is 3. The second kappa shape index (κ2) is 7.12. The van der Waals surface area contributed by atoms with Crippen LogP contribution in [0.3, 0.4) is 0 Å². The minimum Gasteiger partial charge on any atom is -0.480 e. The molecule has 114 valence electrons. The average Bonchev–Trinajstić information content (AvgIpc) is 2.74. The SMILES string of the molecule is CCC1CCC(C)N1C(=O)N[C@@H](CCC(N)=O)C(=O)O. The quantitative estimate of drug-likeness (QED) is 0.666. The number of carbonyl (C=O) groups is 3. The predicted octanol–water partition coefficient (Wildman–Crippen LogP) is 0.678. The van der Waals surface area contributed by atoms with Crippen molar-refractivity contribution in [2.75, 3.05) is 0 Å². The van der Waals surface area contributed by atoms with Crippen molar-refractivity contribution >= 4 is 17.9 Å². The van der Waals surface area contributed by atoms with Crippen LogP contribution in [0.25, 0.3) is 0 Å². The van der Waals surface area contributed by atoms with E-state index in [1.54, 1.807) is 4.90 Å². The predicted molar refractivity (Wildman–Crippen MR) is 73.0 cm³/mol. The fourth-order valence-electron chi connectivity index (χ4n) is 2.61. The number of urea groups is 1. The Labute approximate surface area is 118 Å². The van der Waals surface area contributed by atoms with Crippen molar-refractivity contribution < 1.29 is 19.5 Å². The number of aliphatic carboxylic acids is 1. The average molecular weight is 285 g/mol. The standard InChI is InChI=1S/C13H23N3O4/c1-3-9-5-4-8(2)16(9)13(20)15-10(12(18)19)6-7-11(14)17/h8-10H,3-7H2,1-2H3,(H2,14,17)(H,15,20)(H,18,19)/t8?,9?,10-/m0/s1. The first-order chi connectivity index (χ1) is 9.36. The maximum atomic E-state index is 12.2. The van der Waals surface area contributed by atoms with E-state index in [-0.39, 0.29) is 31.0 Å². The summed E-state index contributed by atoms with van der Waals surface area (Å²) in [5, 5.41) is 11.6. The molecule has 0 aromatic rings. The Bertz CT molecular complexity index is 386. The molecule has 1 rings (SSSR count). The molecule has 20 heavy (non-hydrogen) atoms. The van der Waals surface area contributed by atoms with Crippen molar-refractivity contribution in [1.82, 2.24) is 10.2 Å². The van der Waals surface area contributed by atoms with Crippen LogP contribution in [0.5, 0.6) is 0 Å². The second-order valence-corrected chi connectivity index (χ2v) is 5.24. The Balaban J connectivity index is 2.65. The molecule has 7 nitrogen and oxygen atoms in total. The lowest BCUT2D eigenvalue weighted by atomic mass is 10.1. The van der Waals surface area contributed by atoms with Crippen molar-refractivity contribution in [1.29, 1.82) is 0 Å². The van der Waals surface area contributed by atoms with Gasteiger partial charge in [-0.3, -0.25) is 4.79 Å². The van der Waals surface area contributed by atoms with Crippen molar-refractivity contribution in [3.63, 3.8) is 0 Å². The zero-order valence-electron chi connectivity index (χ0n) is 12.0. The maximum Gasteiger partial charge on any atom is 0.326 e. The van der Waals surface area contributed by atoms with Crippen molar-refractivity contribution in [2.24, 2.45) is 5.73 Å². The number of primary amides is 1. The third-order valence-corrected chi connectivity index (χ3v) is 3.77. The smallest absolute Gasteiger partial charge is 0.326 e. The summed E-state index contributed by atoms with van der Waals surface area (Å²) in [6, 6.07) is -1.21. The molecular formula is C13H23N3O4. The Kier molecular flexibility index (Phi) is 5.79. The number of nitrogens with one attached hydrogen (secondary N) is 1. The number of hydrogen-bond donors (Lipinski definition) is 3. The second-order valence-electron chi connectivity index (χ2n) is 5.24. The van der Waals surface area contributed by atoms with Crippen LogP contribution in [0.4, 0.5) is 4.79 Å². The summed E-state index contributed by atoms with van der Waals surface area (Å²) in [4.78, 5) is 35.8. The number of nitrogens with zero attached hydrogens (tertiary/aromatic N) is 1. The molecule has 0 spiro atoms. The molecular weight excluding hydrogens is 262 g/mol. The lowest BCUT2D eigenvalue weighted by molar-refractivity contribution is -0.139. The minimum atomic E-state index is -1.15. The summed E-state index contributed by atoms with van der Waals surface area (Å²) in [7, 11) is 0. The van der Waals surface area contributed by atoms with E-state index in [1.165, 1.54) is 0 Å². The van der Waals surface area contributed by atoms with E-state index in [2.05, 4.69) is 5.32 Å². The van der Waals surface area contributed by atoms with Gasteiger partial charge in [0, 0.05) is 18.5 Å². The van der Waals surface area contributed by atoms with Gasteiger partial charge in [-0.2, -0.15) is 0 Å². The maximum absolute atomic E-state index is 12.2. The highest BCUT2D eigenvalue weighted by Gasteiger charge is 2.34. The molecule has 0 aliphatic carbocycles. The molecule has 7 heteroatoms. The van der Waals surface area contributed by atoms with E-state index in [1.807, 2.05) is 13.8 Å². The third-order valence-electron chi connectivity index (χ3n) is 3.77. The van der Waals surface area contributed by atoms with Gasteiger partial charge >= 0.3 is 12.0 Å². The highest BCUT2D eigenvalue weighted by atomic mass is 16.4. The van der Waals surface area contributed by atoms with Crippen LogP contribution in [0.1, 0.15) is 46.0 Å². The Morgan fingerprint density at radius 1 is 1.40 bits per heavy atom. The summed E-state index contributed by atoms with van der Waals surface area (Å²) >= 11 is 0. The van der Waals surface area contributed by atoms with Crippen LogP contribution >= 0.6 is 0 Å². The molecule has 0 aromatic heterocycles. The van der Waals surface area contributed by atoms with E-state index < -0.39 is 17.9 Å². The number of carboxylic acids is 1. The molecule has 3 atom stereocenters. The van der Waals surface area contributed by atoms with Crippen molar-refractivity contribution in [3.05, 3.63) is 0 Å². The fraction of sp³-hybridized carbons (Fsp3) is 0.769. The number of nitrogens with two attached hydrogens (primary N) is 1. The van der Waals surface area contributed by atoms with Crippen LogP contribution in [0, 0.1) is 0 Å². The van der Waals surface area contributed by atoms with E-state index in [4.69, 9.17) is 10.8 Å². The van der Waals surface area contributed by atoms with E-state index in [0.29, 0.717) is 0 Å².